The van der Waals surface area contributed by atoms with Crippen molar-refractivity contribution in [3.63, 3.8) is 0 Å². The molecule has 1 aliphatic rings. The van der Waals surface area contributed by atoms with Crippen molar-refractivity contribution >= 4 is 28.8 Å². The third kappa shape index (κ3) is 4.84. The highest BCUT2D eigenvalue weighted by molar-refractivity contribution is 7.10. The molecule has 1 amide bonds. The van der Waals surface area contributed by atoms with E-state index in [1.807, 2.05) is 41.8 Å². The molecule has 1 aliphatic heterocycles. The van der Waals surface area contributed by atoms with E-state index < -0.39 is 17.7 Å². The molecule has 1 fully saturated rings. The number of thiophene rings is 1. The average molecular weight is 478 g/mol. The van der Waals surface area contributed by atoms with Crippen molar-refractivity contribution in [2.75, 3.05) is 13.7 Å². The van der Waals surface area contributed by atoms with Gasteiger partial charge in [0, 0.05) is 17.0 Å². The molecule has 0 spiro atoms. The van der Waals surface area contributed by atoms with Crippen LogP contribution in [0.25, 0.3) is 5.76 Å². The molecule has 2 aromatic carbocycles. The molecule has 1 N–H and O–H groups in total. The Morgan fingerprint density at radius 2 is 1.82 bits per heavy atom. The lowest BCUT2D eigenvalue weighted by molar-refractivity contribution is -0.140. The van der Waals surface area contributed by atoms with Crippen molar-refractivity contribution < 1.29 is 24.2 Å². The second-order valence-electron chi connectivity index (χ2n) is 8.52. The van der Waals surface area contributed by atoms with Crippen molar-refractivity contribution in [1.82, 2.24) is 4.90 Å². The van der Waals surface area contributed by atoms with Crippen LogP contribution < -0.4 is 9.47 Å². The number of aliphatic hydroxyl groups is 1. The first-order valence-corrected chi connectivity index (χ1v) is 11.9. The van der Waals surface area contributed by atoms with Gasteiger partial charge in [-0.05, 0) is 47.2 Å². The van der Waals surface area contributed by atoms with E-state index in [1.165, 1.54) is 16.2 Å². The van der Waals surface area contributed by atoms with Gasteiger partial charge in [0.15, 0.2) is 0 Å². The number of rotatable bonds is 8. The maximum atomic E-state index is 13.2. The fourth-order valence-electron chi connectivity index (χ4n) is 3.86. The van der Waals surface area contributed by atoms with Crippen molar-refractivity contribution in [3.05, 3.63) is 87.6 Å². The summed E-state index contributed by atoms with van der Waals surface area (Å²) in [4.78, 5) is 28.6. The molecule has 1 aromatic heterocycles. The normalized spacial score (nSPS) is 17.4. The topological polar surface area (TPSA) is 76.1 Å². The number of likely N-dealkylation sites (tertiary alicyclic amines) is 1. The first kappa shape index (κ1) is 23.6. The molecule has 0 radical (unpaired) electrons. The zero-order valence-corrected chi connectivity index (χ0v) is 20.2. The van der Waals surface area contributed by atoms with Gasteiger partial charge >= 0.3 is 0 Å². The predicted molar refractivity (Wildman–Crippen MR) is 132 cm³/mol. The number of amides is 1. The summed E-state index contributed by atoms with van der Waals surface area (Å²) in [7, 11) is 1.59. The van der Waals surface area contributed by atoms with Gasteiger partial charge in [-0.25, -0.2) is 0 Å². The molecule has 7 heteroatoms. The Hall–Kier alpha value is -3.58. The van der Waals surface area contributed by atoms with E-state index in [1.54, 1.807) is 31.4 Å². The van der Waals surface area contributed by atoms with E-state index in [-0.39, 0.29) is 17.9 Å². The van der Waals surface area contributed by atoms with Crippen LogP contribution in [-0.4, -0.2) is 35.4 Å². The summed E-state index contributed by atoms with van der Waals surface area (Å²) in [5, 5.41) is 13.1. The molecule has 34 heavy (non-hydrogen) atoms. The van der Waals surface area contributed by atoms with Gasteiger partial charge in [0.25, 0.3) is 11.7 Å². The van der Waals surface area contributed by atoms with Crippen LogP contribution in [0.3, 0.4) is 0 Å². The molecule has 6 nitrogen and oxygen atoms in total. The van der Waals surface area contributed by atoms with Crippen LogP contribution in [0.15, 0.2) is 71.6 Å². The molecule has 3 aromatic rings. The number of hydrogen-bond acceptors (Lipinski definition) is 6. The Labute approximate surface area is 203 Å². The molecule has 2 heterocycles. The van der Waals surface area contributed by atoms with E-state index in [0.717, 1.165) is 10.4 Å². The van der Waals surface area contributed by atoms with Gasteiger partial charge in [-0.3, -0.25) is 9.59 Å². The molecule has 1 unspecified atom stereocenters. The van der Waals surface area contributed by atoms with Crippen LogP contribution in [0, 0.1) is 5.92 Å². The number of hydrogen-bond donors (Lipinski definition) is 1. The summed E-state index contributed by atoms with van der Waals surface area (Å²) in [6.45, 7) is 4.86. The third-order valence-electron chi connectivity index (χ3n) is 5.56. The maximum absolute atomic E-state index is 13.2. The standard InChI is InChI=1S/C27H27NO5S/c1-17(2)16-33-21-7-4-6-19(14-21)25(29)23-24(22-8-5-13-34-22)28(27(31)26(23)30)15-18-9-11-20(32-3)12-10-18/h4-14,17,24,29H,15-16H2,1-3H3/b25-23-. The number of carbonyl (C=O) groups excluding carboxylic acids is 2. The Morgan fingerprint density at radius 3 is 2.47 bits per heavy atom. The first-order valence-electron chi connectivity index (χ1n) is 11.1. The lowest BCUT2D eigenvalue weighted by Gasteiger charge is -2.24. The zero-order valence-electron chi connectivity index (χ0n) is 19.4. The van der Waals surface area contributed by atoms with Crippen molar-refractivity contribution in [1.29, 1.82) is 0 Å². The van der Waals surface area contributed by atoms with Gasteiger partial charge in [-0.2, -0.15) is 0 Å². The molecule has 0 aliphatic carbocycles. The van der Waals surface area contributed by atoms with Crippen molar-refractivity contribution in [2.45, 2.75) is 26.4 Å². The highest BCUT2D eigenvalue weighted by atomic mass is 32.1. The molecular weight excluding hydrogens is 450 g/mol. The minimum absolute atomic E-state index is 0.0852. The number of ketones is 1. The van der Waals surface area contributed by atoms with Gasteiger partial charge in [0.2, 0.25) is 0 Å². The Morgan fingerprint density at radius 1 is 1.06 bits per heavy atom. The number of aliphatic hydroxyl groups excluding tert-OH is 1. The molecular formula is C27H27NO5S. The predicted octanol–water partition coefficient (Wildman–Crippen LogP) is 5.41. The monoisotopic (exact) mass is 477 g/mol. The minimum Gasteiger partial charge on any atom is -0.507 e. The maximum Gasteiger partial charge on any atom is 0.295 e. The van der Waals surface area contributed by atoms with Crippen molar-refractivity contribution in [3.8, 4) is 11.5 Å². The quantitative estimate of drug-likeness (QED) is 0.267. The highest BCUT2D eigenvalue weighted by Gasteiger charge is 2.46. The third-order valence-corrected chi connectivity index (χ3v) is 6.48. The van der Waals surface area contributed by atoms with Crippen molar-refractivity contribution in [2.24, 2.45) is 5.92 Å². The number of Topliss-reactive ketones (excluding diaryl/α,β-unsaturated/α-hetero) is 1. The van der Waals surface area contributed by atoms with Gasteiger partial charge in [-0.1, -0.05) is 44.2 Å². The Kier molecular flexibility index (Phi) is 7.03. The van der Waals surface area contributed by atoms with E-state index in [4.69, 9.17) is 9.47 Å². The van der Waals surface area contributed by atoms with E-state index in [2.05, 4.69) is 13.8 Å². The number of ether oxygens (including phenoxy) is 2. The lowest BCUT2D eigenvalue weighted by Crippen LogP contribution is -2.28. The molecule has 176 valence electrons. The average Bonchev–Trinajstić information content (AvgIpc) is 3.46. The second kappa shape index (κ2) is 10.1. The van der Waals surface area contributed by atoms with Gasteiger partial charge in [0.05, 0.1) is 25.3 Å². The summed E-state index contributed by atoms with van der Waals surface area (Å²) in [5.74, 6) is 0.113. The molecule has 1 atom stereocenters. The number of benzene rings is 2. The van der Waals surface area contributed by atoms with E-state index in [9.17, 15) is 14.7 Å². The Bertz CT molecular complexity index is 1200. The van der Waals surface area contributed by atoms with Gasteiger partial charge < -0.3 is 19.5 Å². The van der Waals surface area contributed by atoms with Crippen LogP contribution >= 0.6 is 11.3 Å². The smallest absolute Gasteiger partial charge is 0.295 e. The lowest BCUT2D eigenvalue weighted by atomic mass is 9.99. The summed E-state index contributed by atoms with van der Waals surface area (Å²) < 4.78 is 11.0. The Balaban J connectivity index is 1.73. The first-order chi connectivity index (χ1) is 16.4. The zero-order chi connectivity index (χ0) is 24.2. The van der Waals surface area contributed by atoms with E-state index in [0.29, 0.717) is 29.6 Å². The molecule has 0 bridgehead atoms. The van der Waals surface area contributed by atoms with Crippen LogP contribution in [-0.2, 0) is 16.1 Å². The van der Waals surface area contributed by atoms with Crippen LogP contribution in [0.2, 0.25) is 0 Å². The summed E-state index contributed by atoms with van der Waals surface area (Å²) in [6.07, 6.45) is 0. The summed E-state index contributed by atoms with van der Waals surface area (Å²) >= 11 is 1.44. The number of methoxy groups -OCH3 is 1. The van der Waals surface area contributed by atoms with Gasteiger partial charge in [-0.15, -0.1) is 11.3 Å². The fraction of sp³-hybridized carbons (Fsp3) is 0.259. The van der Waals surface area contributed by atoms with Crippen LogP contribution in [0.1, 0.15) is 35.9 Å². The van der Waals surface area contributed by atoms with Crippen LogP contribution in [0.4, 0.5) is 0 Å². The SMILES string of the molecule is COc1ccc(CN2C(=O)C(=O)/C(=C(\O)c3cccc(OCC(C)C)c3)C2c2cccs2)cc1. The molecule has 1 saturated heterocycles. The second-order valence-corrected chi connectivity index (χ2v) is 9.50. The minimum atomic E-state index is -0.696. The van der Waals surface area contributed by atoms with Crippen LogP contribution in [0.5, 0.6) is 11.5 Å². The fourth-order valence-corrected chi connectivity index (χ4v) is 4.71. The molecule has 4 rings (SSSR count). The van der Waals surface area contributed by atoms with Gasteiger partial charge in [0.1, 0.15) is 17.3 Å². The number of nitrogens with zero attached hydrogens (tertiary/aromatic N) is 1. The largest absolute Gasteiger partial charge is 0.507 e. The highest BCUT2D eigenvalue weighted by Crippen LogP contribution is 2.42. The van der Waals surface area contributed by atoms with E-state index >= 15 is 0 Å². The molecule has 0 saturated carbocycles. The summed E-state index contributed by atoms with van der Waals surface area (Å²) in [5.41, 5.74) is 1.38. The number of carbonyl (C=O) groups is 2. The summed E-state index contributed by atoms with van der Waals surface area (Å²) in [6, 6.07) is 17.4.